The maximum absolute atomic E-state index is 12.7. The van der Waals surface area contributed by atoms with Crippen LogP contribution in [0.1, 0.15) is 38.7 Å². The third-order valence-electron chi connectivity index (χ3n) is 7.98. The lowest BCUT2D eigenvalue weighted by molar-refractivity contribution is -0.222. The number of hydrogen-bond donors (Lipinski definition) is 0. The van der Waals surface area contributed by atoms with E-state index in [4.69, 9.17) is 18.9 Å². The Hall–Kier alpha value is -2.47. The lowest BCUT2D eigenvalue weighted by atomic mass is 9.57. The number of esters is 1. The van der Waals surface area contributed by atoms with Gasteiger partial charge in [-0.1, -0.05) is 73.4 Å². The van der Waals surface area contributed by atoms with E-state index in [9.17, 15) is 4.79 Å². The summed E-state index contributed by atoms with van der Waals surface area (Å²) in [6.07, 6.45) is 6.00. The average molecular weight is 479 g/mol. The number of fused-ring (bicyclic) bond motifs is 3. The first-order valence-electron chi connectivity index (χ1n) is 12.6. The number of hydrogen-bond acceptors (Lipinski definition) is 5. The van der Waals surface area contributed by atoms with Crippen LogP contribution in [0.3, 0.4) is 0 Å². The molecule has 188 valence electrons. The molecule has 1 aromatic carbocycles. The van der Waals surface area contributed by atoms with Crippen molar-refractivity contribution in [3.8, 4) is 0 Å². The predicted molar refractivity (Wildman–Crippen MR) is 136 cm³/mol. The molecule has 5 nitrogen and oxygen atoms in total. The predicted octanol–water partition coefficient (Wildman–Crippen LogP) is 5.79. The van der Waals surface area contributed by atoms with Gasteiger partial charge in [0.05, 0.1) is 38.6 Å². The van der Waals surface area contributed by atoms with Gasteiger partial charge in [0.2, 0.25) is 0 Å². The van der Waals surface area contributed by atoms with Crippen molar-refractivity contribution in [2.24, 2.45) is 23.2 Å². The number of allylic oxidation sites excluding steroid dienone is 1. The summed E-state index contributed by atoms with van der Waals surface area (Å²) in [6, 6.07) is 10.1. The van der Waals surface area contributed by atoms with Crippen molar-refractivity contribution in [2.45, 2.75) is 45.5 Å². The summed E-state index contributed by atoms with van der Waals surface area (Å²) in [5.74, 6) is -0.804. The van der Waals surface area contributed by atoms with Crippen LogP contribution in [0.25, 0.3) is 0 Å². The van der Waals surface area contributed by atoms with E-state index in [0.29, 0.717) is 38.6 Å². The van der Waals surface area contributed by atoms with E-state index in [1.807, 2.05) is 31.2 Å². The van der Waals surface area contributed by atoms with E-state index < -0.39 is 5.79 Å². The van der Waals surface area contributed by atoms with E-state index in [-0.39, 0.29) is 29.1 Å². The molecule has 3 fully saturated rings. The molecular weight excluding hydrogens is 440 g/mol. The fourth-order valence-corrected chi connectivity index (χ4v) is 6.41. The highest BCUT2D eigenvalue weighted by atomic mass is 16.7. The first-order chi connectivity index (χ1) is 16.8. The van der Waals surface area contributed by atoms with E-state index in [1.54, 1.807) is 6.08 Å². The Bertz CT molecular complexity index is 987. The smallest absolute Gasteiger partial charge is 0.337 e. The van der Waals surface area contributed by atoms with Crippen LogP contribution in [-0.2, 0) is 30.3 Å². The molecule has 1 heterocycles. The minimum absolute atomic E-state index is 0.0641. The van der Waals surface area contributed by atoms with Crippen LogP contribution in [0.2, 0.25) is 0 Å². The zero-order valence-corrected chi connectivity index (χ0v) is 21.1. The maximum atomic E-state index is 12.7. The first-order valence-corrected chi connectivity index (χ1v) is 12.6. The highest BCUT2D eigenvalue weighted by Crippen LogP contribution is 2.66. The summed E-state index contributed by atoms with van der Waals surface area (Å²) in [4.78, 5) is 12.7. The highest BCUT2D eigenvalue weighted by Gasteiger charge is 2.64. The van der Waals surface area contributed by atoms with Crippen molar-refractivity contribution in [2.75, 3.05) is 26.4 Å². The van der Waals surface area contributed by atoms with Gasteiger partial charge in [-0.25, -0.2) is 4.79 Å². The monoisotopic (exact) mass is 478 g/mol. The van der Waals surface area contributed by atoms with Crippen LogP contribution in [0.4, 0.5) is 0 Å². The Morgan fingerprint density at radius 1 is 1.23 bits per heavy atom. The molecule has 2 aliphatic carbocycles. The van der Waals surface area contributed by atoms with Gasteiger partial charge in [-0.3, -0.25) is 0 Å². The summed E-state index contributed by atoms with van der Waals surface area (Å²) in [5, 5.41) is 0. The standard InChI is InChI=1S/C30H38O5/c1-6-24(28(31)33-7-2)15-25(20-32-19-23-11-9-8-10-12-23)29-16-22(5)27(17-29)30(34-13-14-35-30)18-26(29)21(3)4/h6,8-12,15,25-27H,1,3,5,7,13-14,16-20H2,2,4H3/b24-15+/t25-,26+,27-,29-/m1/s1. The van der Waals surface area contributed by atoms with Gasteiger partial charge in [0.15, 0.2) is 5.79 Å². The average Bonchev–Trinajstić information content (AvgIpc) is 3.43. The largest absolute Gasteiger partial charge is 0.462 e. The second-order valence-electron chi connectivity index (χ2n) is 10.1. The molecule has 2 saturated carbocycles. The van der Waals surface area contributed by atoms with Crippen LogP contribution in [-0.4, -0.2) is 38.2 Å². The van der Waals surface area contributed by atoms with Crippen molar-refractivity contribution in [3.05, 3.63) is 84.5 Å². The van der Waals surface area contributed by atoms with Gasteiger partial charge in [-0.15, -0.1) is 0 Å². The summed E-state index contributed by atoms with van der Waals surface area (Å²) in [7, 11) is 0. The van der Waals surface area contributed by atoms with Gasteiger partial charge in [-0.2, -0.15) is 0 Å². The maximum Gasteiger partial charge on any atom is 0.337 e. The normalized spacial score (nSPS) is 28.2. The quantitative estimate of drug-likeness (QED) is 0.184. The van der Waals surface area contributed by atoms with Gasteiger partial charge in [0, 0.05) is 18.3 Å². The number of ether oxygens (including phenoxy) is 4. The molecule has 1 aromatic rings. The lowest BCUT2D eigenvalue weighted by Gasteiger charge is -2.51. The SMILES string of the molecule is C=C/C(=C\[C@H](COCc1ccccc1)[C@@]12CC(=C)[C@@H](C1)C1(C[C@H]2C(=C)C)OCCO1)C(=O)OCC. The molecular formula is C30H38O5. The molecule has 4 rings (SSSR count). The van der Waals surface area contributed by atoms with E-state index >= 15 is 0 Å². The lowest BCUT2D eigenvalue weighted by Crippen LogP contribution is -2.51. The number of carbonyl (C=O) groups is 1. The third kappa shape index (κ3) is 4.95. The Kier molecular flexibility index (Phi) is 7.80. The summed E-state index contributed by atoms with van der Waals surface area (Å²) >= 11 is 0. The molecule has 1 saturated heterocycles. The summed E-state index contributed by atoms with van der Waals surface area (Å²) in [6.45, 7) is 19.1. The van der Waals surface area contributed by atoms with Crippen molar-refractivity contribution < 1.29 is 23.7 Å². The van der Waals surface area contributed by atoms with Crippen molar-refractivity contribution in [1.29, 1.82) is 0 Å². The molecule has 0 radical (unpaired) electrons. The molecule has 35 heavy (non-hydrogen) atoms. The minimum Gasteiger partial charge on any atom is -0.462 e. The van der Waals surface area contributed by atoms with Gasteiger partial charge in [0.25, 0.3) is 0 Å². The number of benzene rings is 1. The van der Waals surface area contributed by atoms with E-state index in [0.717, 1.165) is 36.0 Å². The van der Waals surface area contributed by atoms with Crippen LogP contribution in [0, 0.1) is 23.2 Å². The number of rotatable bonds is 10. The second-order valence-corrected chi connectivity index (χ2v) is 10.1. The van der Waals surface area contributed by atoms with Gasteiger partial charge < -0.3 is 18.9 Å². The molecule has 0 unspecified atom stereocenters. The Balaban J connectivity index is 1.70. The Labute approximate surface area is 209 Å². The molecule has 0 amide bonds. The van der Waals surface area contributed by atoms with E-state index in [1.165, 1.54) is 0 Å². The summed E-state index contributed by atoms with van der Waals surface area (Å²) in [5.41, 5.74) is 3.62. The fourth-order valence-electron chi connectivity index (χ4n) is 6.41. The highest BCUT2D eigenvalue weighted by molar-refractivity contribution is 5.91. The van der Waals surface area contributed by atoms with Crippen molar-refractivity contribution in [3.63, 3.8) is 0 Å². The summed E-state index contributed by atoms with van der Waals surface area (Å²) < 4.78 is 24.1. The van der Waals surface area contributed by atoms with E-state index in [2.05, 4.69) is 38.8 Å². The molecule has 2 bridgehead atoms. The zero-order valence-electron chi connectivity index (χ0n) is 21.1. The molecule has 5 heteroatoms. The first kappa shape index (κ1) is 25.6. The van der Waals surface area contributed by atoms with Gasteiger partial charge in [0.1, 0.15) is 0 Å². The molecule has 3 aliphatic rings. The van der Waals surface area contributed by atoms with Gasteiger partial charge >= 0.3 is 5.97 Å². The fraction of sp³-hybridized carbons (Fsp3) is 0.500. The molecule has 4 atom stereocenters. The van der Waals surface area contributed by atoms with Crippen LogP contribution in [0.5, 0.6) is 0 Å². The third-order valence-corrected chi connectivity index (χ3v) is 7.98. The topological polar surface area (TPSA) is 54.0 Å². The van der Waals surface area contributed by atoms with Crippen LogP contribution >= 0.6 is 0 Å². The molecule has 1 aliphatic heterocycles. The van der Waals surface area contributed by atoms with Crippen molar-refractivity contribution in [1.82, 2.24) is 0 Å². The van der Waals surface area contributed by atoms with Crippen LogP contribution < -0.4 is 0 Å². The zero-order chi connectivity index (χ0) is 25.1. The Morgan fingerprint density at radius 3 is 2.57 bits per heavy atom. The van der Waals surface area contributed by atoms with Crippen LogP contribution in [0.15, 0.2) is 78.9 Å². The molecule has 1 spiro atoms. The van der Waals surface area contributed by atoms with Gasteiger partial charge in [-0.05, 0) is 43.6 Å². The number of carbonyl (C=O) groups excluding carboxylic acids is 1. The Morgan fingerprint density at radius 2 is 1.94 bits per heavy atom. The minimum atomic E-state index is -0.623. The van der Waals surface area contributed by atoms with Crippen molar-refractivity contribution >= 4 is 5.97 Å². The molecule has 0 aromatic heterocycles. The molecule has 0 N–H and O–H groups in total. The second kappa shape index (κ2) is 10.7.